The number of hydrogen-bond donors (Lipinski definition) is 1. The van der Waals surface area contributed by atoms with Crippen LogP contribution in [0.4, 0.5) is 14.6 Å². The molecule has 88 valence electrons. The molecular weight excluding hydrogens is 286 g/mol. The minimum atomic E-state index is -2.83. The number of aromatic nitrogens is 1. The van der Waals surface area contributed by atoms with Gasteiger partial charge in [0.2, 0.25) is 0 Å². The smallest absolute Gasteiger partial charge is 0.340 e. The molecule has 0 aromatic carbocycles. The van der Waals surface area contributed by atoms with Gasteiger partial charge >= 0.3 is 5.97 Å². The standard InChI is InChI=1S/C9H9BrF2N2O2/c1-2-16-9(15)4-3-14-8(13)6(10)5(4)7(11)12/h3,7H,2H2,1H3,(H2,13,14). The Balaban J connectivity index is 3.28. The molecule has 0 aliphatic rings. The van der Waals surface area contributed by atoms with Crippen LogP contribution in [0.25, 0.3) is 0 Å². The number of anilines is 1. The molecule has 0 aliphatic carbocycles. The fraction of sp³-hybridized carbons (Fsp3) is 0.333. The molecule has 0 fully saturated rings. The first kappa shape index (κ1) is 12.8. The fourth-order valence-electron chi connectivity index (χ4n) is 1.10. The molecule has 0 spiro atoms. The van der Waals surface area contributed by atoms with E-state index in [-0.39, 0.29) is 22.5 Å². The number of nitrogens with two attached hydrogens (primary N) is 1. The number of carbonyl (C=O) groups excluding carboxylic acids is 1. The second kappa shape index (κ2) is 5.20. The van der Waals surface area contributed by atoms with Crippen LogP contribution in [0.3, 0.4) is 0 Å². The third-order valence-electron chi connectivity index (χ3n) is 1.80. The topological polar surface area (TPSA) is 65.2 Å². The van der Waals surface area contributed by atoms with Crippen molar-refractivity contribution in [1.29, 1.82) is 0 Å². The highest BCUT2D eigenvalue weighted by Crippen LogP contribution is 2.33. The number of nitrogen functional groups attached to an aromatic ring is 1. The van der Waals surface area contributed by atoms with Crippen molar-refractivity contribution >= 4 is 27.7 Å². The second-order valence-electron chi connectivity index (χ2n) is 2.81. The minimum Gasteiger partial charge on any atom is -0.462 e. The van der Waals surface area contributed by atoms with Gasteiger partial charge in [0.1, 0.15) is 5.82 Å². The number of carbonyl (C=O) groups is 1. The Morgan fingerprint density at radius 3 is 2.81 bits per heavy atom. The van der Waals surface area contributed by atoms with E-state index >= 15 is 0 Å². The van der Waals surface area contributed by atoms with Crippen molar-refractivity contribution in [3.8, 4) is 0 Å². The van der Waals surface area contributed by atoms with Crippen molar-refractivity contribution in [3.05, 3.63) is 21.8 Å². The number of halogens is 3. The van der Waals surface area contributed by atoms with Gasteiger partial charge in [0.15, 0.2) is 0 Å². The maximum absolute atomic E-state index is 12.7. The summed E-state index contributed by atoms with van der Waals surface area (Å²) in [4.78, 5) is 15.0. The van der Waals surface area contributed by atoms with Crippen LogP contribution < -0.4 is 5.73 Å². The first-order chi connectivity index (χ1) is 7.49. The lowest BCUT2D eigenvalue weighted by Crippen LogP contribution is -2.11. The number of hydrogen-bond acceptors (Lipinski definition) is 4. The number of alkyl halides is 2. The number of esters is 1. The Kier molecular flexibility index (Phi) is 4.17. The van der Waals surface area contributed by atoms with Crippen molar-refractivity contribution in [2.45, 2.75) is 13.3 Å². The molecule has 0 aliphatic heterocycles. The van der Waals surface area contributed by atoms with Crippen molar-refractivity contribution in [2.75, 3.05) is 12.3 Å². The molecule has 0 amide bonds. The zero-order valence-electron chi connectivity index (χ0n) is 8.34. The van der Waals surface area contributed by atoms with Crippen molar-refractivity contribution in [2.24, 2.45) is 0 Å². The highest BCUT2D eigenvalue weighted by Gasteiger charge is 2.24. The van der Waals surface area contributed by atoms with Crippen molar-refractivity contribution in [3.63, 3.8) is 0 Å². The summed E-state index contributed by atoms with van der Waals surface area (Å²) in [6.07, 6.45) is -1.85. The maximum Gasteiger partial charge on any atom is 0.340 e. The Hall–Kier alpha value is -1.24. The van der Waals surface area contributed by atoms with Gasteiger partial charge in [-0.05, 0) is 22.9 Å². The Morgan fingerprint density at radius 1 is 1.69 bits per heavy atom. The monoisotopic (exact) mass is 294 g/mol. The summed E-state index contributed by atoms with van der Waals surface area (Å²) in [5.74, 6) is -0.936. The summed E-state index contributed by atoms with van der Waals surface area (Å²) in [6.45, 7) is 1.68. The van der Waals surface area contributed by atoms with Gasteiger partial charge in [-0.2, -0.15) is 0 Å². The van der Waals surface area contributed by atoms with Crippen LogP contribution in [0.2, 0.25) is 0 Å². The SMILES string of the molecule is CCOC(=O)c1cnc(N)c(Br)c1C(F)F. The largest absolute Gasteiger partial charge is 0.462 e. The van der Waals surface area contributed by atoms with E-state index in [2.05, 4.69) is 25.7 Å². The van der Waals surface area contributed by atoms with Crippen LogP contribution in [-0.4, -0.2) is 17.6 Å². The van der Waals surface area contributed by atoms with Crippen LogP contribution in [-0.2, 0) is 4.74 Å². The molecule has 7 heteroatoms. The molecular formula is C9H9BrF2N2O2. The average molecular weight is 295 g/mol. The predicted molar refractivity (Wildman–Crippen MR) is 57.3 cm³/mol. The molecule has 0 radical (unpaired) electrons. The van der Waals surface area contributed by atoms with Gasteiger partial charge in [-0.1, -0.05) is 0 Å². The van der Waals surface area contributed by atoms with Gasteiger partial charge in [0, 0.05) is 6.20 Å². The summed E-state index contributed by atoms with van der Waals surface area (Å²) < 4.78 is 30.1. The number of nitrogens with zero attached hydrogens (tertiary/aromatic N) is 1. The Morgan fingerprint density at radius 2 is 2.31 bits per heavy atom. The molecule has 0 atom stereocenters. The van der Waals surface area contributed by atoms with Gasteiger partial charge in [0.25, 0.3) is 6.43 Å². The van der Waals surface area contributed by atoms with E-state index in [1.54, 1.807) is 6.92 Å². The molecule has 1 rings (SSSR count). The Labute approximate surface area is 98.9 Å². The maximum atomic E-state index is 12.7. The first-order valence-corrected chi connectivity index (χ1v) is 5.17. The first-order valence-electron chi connectivity index (χ1n) is 4.38. The van der Waals surface area contributed by atoms with Crippen LogP contribution in [0, 0.1) is 0 Å². The third kappa shape index (κ3) is 2.46. The lowest BCUT2D eigenvalue weighted by molar-refractivity contribution is 0.0514. The van der Waals surface area contributed by atoms with Gasteiger partial charge < -0.3 is 10.5 Å². The van der Waals surface area contributed by atoms with E-state index in [0.717, 1.165) is 6.20 Å². The van der Waals surface area contributed by atoms with Crippen LogP contribution in [0.1, 0.15) is 29.3 Å². The average Bonchev–Trinajstić information content (AvgIpc) is 2.21. The molecule has 0 saturated carbocycles. The van der Waals surface area contributed by atoms with E-state index in [1.807, 2.05) is 0 Å². The second-order valence-corrected chi connectivity index (χ2v) is 3.60. The van der Waals surface area contributed by atoms with E-state index < -0.39 is 18.0 Å². The zero-order valence-corrected chi connectivity index (χ0v) is 9.92. The zero-order chi connectivity index (χ0) is 12.3. The van der Waals surface area contributed by atoms with E-state index in [9.17, 15) is 13.6 Å². The summed E-state index contributed by atoms with van der Waals surface area (Å²) in [7, 11) is 0. The van der Waals surface area contributed by atoms with Crippen LogP contribution in [0.15, 0.2) is 10.7 Å². The lowest BCUT2D eigenvalue weighted by Gasteiger charge is -2.10. The Bertz CT molecular complexity index is 413. The predicted octanol–water partition coefficient (Wildman–Crippen LogP) is 2.54. The van der Waals surface area contributed by atoms with Crippen LogP contribution >= 0.6 is 15.9 Å². The molecule has 16 heavy (non-hydrogen) atoms. The highest BCUT2D eigenvalue weighted by atomic mass is 79.9. The van der Waals surface area contributed by atoms with E-state index in [1.165, 1.54) is 0 Å². The molecule has 1 heterocycles. The van der Waals surface area contributed by atoms with Gasteiger partial charge in [-0.3, -0.25) is 0 Å². The highest BCUT2D eigenvalue weighted by molar-refractivity contribution is 9.10. The van der Waals surface area contributed by atoms with E-state index in [4.69, 9.17) is 5.73 Å². The molecule has 0 saturated heterocycles. The molecule has 1 aromatic rings. The molecule has 2 N–H and O–H groups in total. The number of rotatable bonds is 3. The lowest BCUT2D eigenvalue weighted by atomic mass is 10.1. The molecule has 0 bridgehead atoms. The number of pyridine rings is 1. The number of ether oxygens (including phenoxy) is 1. The van der Waals surface area contributed by atoms with E-state index in [0.29, 0.717) is 0 Å². The van der Waals surface area contributed by atoms with Crippen molar-refractivity contribution in [1.82, 2.24) is 4.98 Å². The summed E-state index contributed by atoms with van der Waals surface area (Å²) in [5.41, 5.74) is 4.58. The molecule has 1 aromatic heterocycles. The summed E-state index contributed by atoms with van der Waals surface area (Å²) in [6, 6.07) is 0. The quantitative estimate of drug-likeness (QED) is 0.870. The minimum absolute atomic E-state index is 0.0759. The normalized spacial score (nSPS) is 10.6. The summed E-state index contributed by atoms with van der Waals surface area (Å²) in [5, 5.41) is 0. The summed E-state index contributed by atoms with van der Waals surface area (Å²) >= 11 is 2.88. The van der Waals surface area contributed by atoms with Gasteiger partial charge in [0.05, 0.1) is 22.2 Å². The fourth-order valence-corrected chi connectivity index (χ4v) is 1.59. The van der Waals surface area contributed by atoms with Crippen molar-refractivity contribution < 1.29 is 18.3 Å². The molecule has 0 unspecified atom stereocenters. The third-order valence-corrected chi connectivity index (χ3v) is 2.63. The van der Waals surface area contributed by atoms with Gasteiger partial charge in [-0.25, -0.2) is 18.6 Å². The van der Waals surface area contributed by atoms with Crippen LogP contribution in [0.5, 0.6) is 0 Å². The van der Waals surface area contributed by atoms with Gasteiger partial charge in [-0.15, -0.1) is 0 Å². The molecule has 4 nitrogen and oxygen atoms in total.